The van der Waals surface area contributed by atoms with E-state index >= 15 is 0 Å². The Kier molecular flexibility index (Phi) is 6.12. The molecule has 1 aromatic carbocycles. The van der Waals surface area contributed by atoms with Crippen LogP contribution in [0.25, 0.3) is 20.8 Å². The highest BCUT2D eigenvalue weighted by atomic mass is 32.1. The quantitative estimate of drug-likeness (QED) is 0.525. The molecule has 0 saturated carbocycles. The van der Waals surface area contributed by atoms with Crippen molar-refractivity contribution in [2.24, 2.45) is 0 Å². The van der Waals surface area contributed by atoms with E-state index < -0.39 is 0 Å². The first kappa shape index (κ1) is 20.4. The van der Waals surface area contributed by atoms with Crippen molar-refractivity contribution in [3.63, 3.8) is 0 Å². The van der Waals surface area contributed by atoms with Gasteiger partial charge in [0, 0.05) is 52.4 Å². The summed E-state index contributed by atoms with van der Waals surface area (Å²) in [6.45, 7) is 8.42. The van der Waals surface area contributed by atoms with E-state index in [1.54, 1.807) is 0 Å². The topological polar surface area (TPSA) is 98.4 Å². The van der Waals surface area contributed by atoms with E-state index in [2.05, 4.69) is 25.4 Å². The fraction of sp³-hybridized carbons (Fsp3) is 0.476. The van der Waals surface area contributed by atoms with Crippen molar-refractivity contribution in [2.45, 2.75) is 0 Å². The molecule has 0 amide bonds. The third-order valence-corrected chi connectivity index (χ3v) is 6.71. The van der Waals surface area contributed by atoms with Crippen LogP contribution in [0.5, 0.6) is 0 Å². The lowest BCUT2D eigenvalue weighted by Crippen LogP contribution is -2.45. The molecule has 0 aliphatic carbocycles. The molecule has 2 fully saturated rings. The van der Waals surface area contributed by atoms with Crippen LogP contribution in [0.3, 0.4) is 0 Å². The zero-order chi connectivity index (χ0) is 21.0. The molecule has 0 unspecified atom stereocenters. The van der Waals surface area contributed by atoms with Crippen molar-refractivity contribution >= 4 is 33.3 Å². The van der Waals surface area contributed by atoms with Crippen LogP contribution in [-0.2, 0) is 4.74 Å². The summed E-state index contributed by atoms with van der Waals surface area (Å²) in [5.41, 5.74) is 1.24. The second-order valence-corrected chi connectivity index (χ2v) is 8.75. The number of aromatic nitrogens is 3. The minimum Gasteiger partial charge on any atom is -0.378 e. The zero-order valence-electron chi connectivity index (χ0n) is 17.4. The average molecular weight is 442 g/mol. The van der Waals surface area contributed by atoms with Crippen LogP contribution in [0.15, 0.2) is 29.1 Å². The number of aromatic amines is 1. The normalized spacial score (nSPS) is 17.9. The summed E-state index contributed by atoms with van der Waals surface area (Å²) in [4.78, 5) is 30.2. The van der Waals surface area contributed by atoms with Gasteiger partial charge in [-0.25, -0.2) is 4.98 Å². The van der Waals surface area contributed by atoms with Gasteiger partial charge >= 0.3 is 0 Å². The molecule has 0 bridgehead atoms. The predicted octanol–water partition coefficient (Wildman–Crippen LogP) is 1.20. The van der Waals surface area contributed by atoms with Crippen LogP contribution in [0.1, 0.15) is 0 Å². The molecule has 3 aromatic rings. The van der Waals surface area contributed by atoms with Gasteiger partial charge in [-0.1, -0.05) is 12.1 Å². The van der Waals surface area contributed by atoms with E-state index in [1.165, 1.54) is 11.3 Å². The number of nitrogens with zero attached hydrogens (tertiary/aromatic N) is 4. The molecule has 2 aliphatic rings. The Hall–Kier alpha value is -2.53. The molecule has 2 aliphatic heterocycles. The Balaban J connectivity index is 1.46. The number of H-pyrrole nitrogens is 1. The minimum absolute atomic E-state index is 0.166. The van der Waals surface area contributed by atoms with Gasteiger partial charge in [0.25, 0.3) is 5.56 Å². The smallest absolute Gasteiger partial charge is 0.264 e. The molecule has 0 atom stereocenters. The minimum atomic E-state index is -0.166. The van der Waals surface area contributed by atoms with Gasteiger partial charge in [-0.3, -0.25) is 14.7 Å². The van der Waals surface area contributed by atoms with Crippen molar-refractivity contribution in [3.05, 3.63) is 34.6 Å². The Morgan fingerprint density at radius 3 is 2.71 bits per heavy atom. The van der Waals surface area contributed by atoms with Crippen LogP contribution in [-0.4, -0.2) is 85.4 Å². The van der Waals surface area contributed by atoms with E-state index in [9.17, 15) is 4.79 Å². The van der Waals surface area contributed by atoms with E-state index in [-0.39, 0.29) is 5.56 Å². The molecule has 3 N–H and O–H groups in total. The second kappa shape index (κ2) is 9.31. The van der Waals surface area contributed by atoms with Crippen LogP contribution in [0.2, 0.25) is 0 Å². The molecule has 9 nitrogen and oxygen atoms in total. The molecule has 0 spiro atoms. The summed E-state index contributed by atoms with van der Waals surface area (Å²) in [5.74, 6) is 1.18. The third-order valence-electron chi connectivity index (χ3n) is 5.66. The lowest BCUT2D eigenvalue weighted by Gasteiger charge is -2.28. The molecule has 2 aromatic heterocycles. The lowest BCUT2D eigenvalue weighted by atomic mass is 10.3. The maximum absolute atomic E-state index is 13.2. The van der Waals surface area contributed by atoms with Gasteiger partial charge in [0.1, 0.15) is 16.4 Å². The van der Waals surface area contributed by atoms with Gasteiger partial charge in [-0.15, -0.1) is 11.3 Å². The molecular weight excluding hydrogens is 414 g/mol. The number of hydrogen-bond acceptors (Lipinski definition) is 9. The molecule has 5 rings (SSSR count). The number of morpholine rings is 1. The second-order valence-electron chi connectivity index (χ2n) is 7.72. The standard InChI is InChI=1S/C21H27N7O2S/c29-19-17(20-24-15-3-1-2-4-16(15)31-20)18(23-7-10-27-8-5-22-6-9-27)25-21(26-19)28-11-13-30-14-12-28/h1-4,22H,5-14H2,(H2,23,25,26,29). The first-order valence-electron chi connectivity index (χ1n) is 10.8. The number of fused-ring (bicyclic) bond motifs is 1. The van der Waals surface area contributed by atoms with Gasteiger partial charge in [0.15, 0.2) is 0 Å². The monoisotopic (exact) mass is 441 g/mol. The fourth-order valence-electron chi connectivity index (χ4n) is 3.96. The van der Waals surface area contributed by atoms with Crippen molar-refractivity contribution < 1.29 is 4.74 Å². The van der Waals surface area contributed by atoms with Gasteiger partial charge in [0.05, 0.1) is 23.4 Å². The summed E-state index contributed by atoms with van der Waals surface area (Å²) in [6, 6.07) is 7.94. The SMILES string of the molecule is O=c1[nH]c(N2CCOCC2)nc(NCCN2CCNCC2)c1-c1nc2ccccc2s1. The average Bonchev–Trinajstić information content (AvgIpc) is 3.24. The van der Waals surface area contributed by atoms with E-state index in [1.807, 2.05) is 24.3 Å². The Labute approximate surface area is 184 Å². The molecule has 2 saturated heterocycles. The summed E-state index contributed by atoms with van der Waals surface area (Å²) >= 11 is 1.52. The van der Waals surface area contributed by atoms with Gasteiger partial charge in [-0.05, 0) is 12.1 Å². The zero-order valence-corrected chi connectivity index (χ0v) is 18.2. The van der Waals surface area contributed by atoms with Crippen molar-refractivity contribution in [3.8, 4) is 10.6 Å². The van der Waals surface area contributed by atoms with Crippen LogP contribution < -0.4 is 21.1 Å². The lowest BCUT2D eigenvalue weighted by molar-refractivity contribution is 0.122. The Bertz CT molecular complexity index is 1050. The largest absolute Gasteiger partial charge is 0.378 e. The first-order valence-corrected chi connectivity index (χ1v) is 11.6. The van der Waals surface area contributed by atoms with Crippen LogP contribution in [0, 0.1) is 0 Å². The van der Waals surface area contributed by atoms with Gasteiger partial charge in [-0.2, -0.15) is 4.98 Å². The number of anilines is 2. The highest BCUT2D eigenvalue weighted by molar-refractivity contribution is 7.21. The highest BCUT2D eigenvalue weighted by Gasteiger charge is 2.21. The molecule has 164 valence electrons. The van der Waals surface area contributed by atoms with Crippen molar-refractivity contribution in [2.75, 3.05) is 75.8 Å². The number of nitrogens with one attached hydrogen (secondary N) is 3. The highest BCUT2D eigenvalue weighted by Crippen LogP contribution is 2.32. The summed E-state index contributed by atoms with van der Waals surface area (Å²) in [6.07, 6.45) is 0. The summed E-state index contributed by atoms with van der Waals surface area (Å²) < 4.78 is 6.50. The molecule has 0 radical (unpaired) electrons. The van der Waals surface area contributed by atoms with Gasteiger partial charge < -0.3 is 20.3 Å². The number of hydrogen-bond donors (Lipinski definition) is 3. The summed E-state index contributed by atoms with van der Waals surface area (Å²) in [7, 11) is 0. The predicted molar refractivity (Wildman–Crippen MR) is 124 cm³/mol. The summed E-state index contributed by atoms with van der Waals surface area (Å²) in [5, 5.41) is 7.50. The van der Waals surface area contributed by atoms with E-state index in [0.717, 1.165) is 49.5 Å². The fourth-order valence-corrected chi connectivity index (χ4v) is 4.97. The van der Waals surface area contributed by atoms with Crippen molar-refractivity contribution in [1.82, 2.24) is 25.2 Å². The van der Waals surface area contributed by atoms with Crippen LogP contribution in [0.4, 0.5) is 11.8 Å². The molecule has 4 heterocycles. The van der Waals surface area contributed by atoms with Crippen LogP contribution >= 0.6 is 11.3 Å². The number of benzene rings is 1. The molecular formula is C21H27N7O2S. The number of thiazole rings is 1. The number of ether oxygens (including phenoxy) is 1. The molecule has 10 heteroatoms. The first-order chi connectivity index (χ1) is 15.3. The number of piperazine rings is 1. The Morgan fingerprint density at radius 1 is 1.10 bits per heavy atom. The third kappa shape index (κ3) is 4.57. The number of rotatable bonds is 6. The van der Waals surface area contributed by atoms with E-state index in [4.69, 9.17) is 14.7 Å². The Morgan fingerprint density at radius 2 is 1.90 bits per heavy atom. The van der Waals surface area contributed by atoms with E-state index in [0.29, 0.717) is 48.6 Å². The maximum Gasteiger partial charge on any atom is 0.264 e. The molecule has 31 heavy (non-hydrogen) atoms. The van der Waals surface area contributed by atoms with Gasteiger partial charge in [0.2, 0.25) is 5.95 Å². The number of para-hydroxylation sites is 1. The maximum atomic E-state index is 13.2. The van der Waals surface area contributed by atoms with Crippen molar-refractivity contribution in [1.29, 1.82) is 0 Å².